The van der Waals surface area contributed by atoms with Gasteiger partial charge in [0.2, 0.25) is 0 Å². The highest BCUT2D eigenvalue weighted by molar-refractivity contribution is 6.77. The van der Waals surface area contributed by atoms with Gasteiger partial charge in [-0.2, -0.15) is 0 Å². The molecule has 11 aromatic rings. The Bertz CT molecular complexity index is 3810. The van der Waals surface area contributed by atoms with Gasteiger partial charge in [0.25, 0.3) is 0 Å². The predicted molar refractivity (Wildman–Crippen MR) is 313 cm³/mol. The average molecular weight is 807 g/mol. The first-order valence-electron chi connectivity index (χ1n) is 21.2. The van der Waals surface area contributed by atoms with E-state index in [1.807, 2.05) is 66.7 Å². The highest BCUT2D eigenvalue weighted by Gasteiger charge is 2.27. The normalized spacial score (nSPS) is 12.0. The van der Waals surface area contributed by atoms with Crippen molar-refractivity contribution < 1.29 is 0 Å². The Labute approximate surface area is 418 Å². The highest BCUT2D eigenvalue weighted by atomic mass is 14.3. The van der Waals surface area contributed by atoms with Crippen molar-refractivity contribution in [3.63, 3.8) is 0 Å². The molecule has 0 saturated carbocycles. The van der Waals surface area contributed by atoms with E-state index in [-0.39, 0.29) is 98.3 Å². The van der Waals surface area contributed by atoms with Crippen LogP contribution in [0.1, 0.15) is 0 Å². The van der Waals surface area contributed by atoms with Gasteiger partial charge in [0.1, 0.15) is 141 Å². The fraction of sp³-hybridized carbons (Fsp3) is 0. The van der Waals surface area contributed by atoms with Crippen LogP contribution in [0, 0.1) is 0 Å². The summed E-state index contributed by atoms with van der Waals surface area (Å²) in [6.07, 6.45) is 0. The Morgan fingerprint density at radius 2 is 0.338 bits per heavy atom. The third-order valence-electron chi connectivity index (χ3n) is 14.0. The van der Waals surface area contributed by atoms with Crippen molar-refractivity contribution in [3.05, 3.63) is 72.8 Å². The highest BCUT2D eigenvalue weighted by Crippen LogP contribution is 2.38. The van der Waals surface area contributed by atoms with Crippen LogP contribution < -0.4 is 98.3 Å². The van der Waals surface area contributed by atoms with Crippen LogP contribution in [0.25, 0.3) is 109 Å². The Balaban J connectivity index is 1.09. The summed E-state index contributed by atoms with van der Waals surface area (Å²) in [6, 6.07) is 23.7. The van der Waals surface area contributed by atoms with Gasteiger partial charge in [0.15, 0.2) is 0 Å². The van der Waals surface area contributed by atoms with Crippen molar-refractivity contribution in [1.82, 2.24) is 0 Å². The van der Waals surface area contributed by atoms with Gasteiger partial charge < -0.3 is 0 Å². The van der Waals surface area contributed by atoms with Crippen LogP contribution in [0.2, 0.25) is 0 Å². The molecule has 0 fully saturated rings. The molecule has 266 valence electrons. The van der Waals surface area contributed by atoms with E-state index in [1.165, 1.54) is 0 Å². The third-order valence-corrected chi connectivity index (χ3v) is 14.0. The van der Waals surface area contributed by atoms with Crippen molar-refractivity contribution in [1.29, 1.82) is 0 Å². The van der Waals surface area contributed by atoms with E-state index in [2.05, 4.69) is 6.07 Å². The smallest absolute Gasteiger partial charge is 0.109 e. The van der Waals surface area contributed by atoms with Crippen LogP contribution in [0.3, 0.4) is 0 Å². The first-order valence-corrected chi connectivity index (χ1v) is 21.2. The van der Waals surface area contributed by atoms with E-state index >= 15 is 0 Å². The van der Waals surface area contributed by atoms with Crippen LogP contribution in [0.5, 0.6) is 0 Å². The molecule has 0 atom stereocenters. The molecule has 68 heavy (non-hydrogen) atoms. The second kappa shape index (κ2) is 15.6. The van der Waals surface area contributed by atoms with E-state index in [4.69, 9.17) is 141 Å². The van der Waals surface area contributed by atoms with Crippen LogP contribution in [-0.4, -0.2) is 141 Å². The van der Waals surface area contributed by atoms with Crippen molar-refractivity contribution in [2.45, 2.75) is 0 Å². The molecular weight excluding hydrogens is 795 g/mol. The maximum absolute atomic E-state index is 6.96. The topological polar surface area (TPSA) is 0 Å². The van der Waals surface area contributed by atoms with Gasteiger partial charge in [0.05, 0.1) is 0 Å². The molecule has 18 heteroatoms. The first kappa shape index (κ1) is 45.1. The molecule has 0 bridgehead atoms. The summed E-state index contributed by atoms with van der Waals surface area (Å²) >= 11 is 0. The van der Waals surface area contributed by atoms with Gasteiger partial charge in [-0.05, 0) is 127 Å². The maximum Gasteiger partial charge on any atom is 0.113 e. The van der Waals surface area contributed by atoms with Crippen molar-refractivity contribution in [3.8, 4) is 44.5 Å². The van der Waals surface area contributed by atoms with Gasteiger partial charge in [-0.3, -0.25) is 0 Å². The fourth-order valence-electron chi connectivity index (χ4n) is 10.7. The van der Waals surface area contributed by atoms with Crippen LogP contribution in [-0.2, 0) is 0 Å². The minimum Gasteiger partial charge on any atom is -0.109 e. The summed E-state index contributed by atoms with van der Waals surface area (Å²) in [5.41, 5.74) is 9.09. The molecule has 0 spiro atoms. The lowest BCUT2D eigenvalue weighted by Crippen LogP contribution is -2.48. The average Bonchev–Trinajstić information content (AvgIpc) is 3.33. The third kappa shape index (κ3) is 5.82. The molecule has 0 N–H and O–H groups in total. The zero-order valence-electron chi connectivity index (χ0n) is 36.3. The van der Waals surface area contributed by atoms with E-state index in [0.717, 1.165) is 22.3 Å². The van der Waals surface area contributed by atoms with E-state index in [1.54, 1.807) is 0 Å². The molecule has 11 rings (SSSR count). The standard InChI is InChI=1S/C50H12B18/c51-33-19(25-21-23-29(39(57)35(25)53)45(63)49(67)47(65)31(23)43(61)41(59)27(21)37(33)55)17-8-2-6-15(11-17)13-4-1-5-14(10-13)16-7-3-9-18(12-16)20-26-22-24-30(40(58)36(26)54)46(64)50(68)48(66)32(24)44(62)42(60)28(22)38(56)34(20)52/h1-12H. The molecule has 0 unspecified atom stereocenters. The molecule has 36 radical (unpaired) electrons. The summed E-state index contributed by atoms with van der Waals surface area (Å²) in [5, 5.41) is 5.59. The number of hydrogen-bond donors (Lipinski definition) is 0. The molecule has 0 amide bonds. The quantitative estimate of drug-likeness (QED) is 0.123. The minimum absolute atomic E-state index is 0.110. The fourth-order valence-corrected chi connectivity index (χ4v) is 10.7. The maximum atomic E-state index is 6.96. The summed E-state index contributed by atoms with van der Waals surface area (Å²) in [5.74, 6) is 0. The van der Waals surface area contributed by atoms with Crippen molar-refractivity contribution >= 4 is 304 Å². The van der Waals surface area contributed by atoms with E-state index in [0.29, 0.717) is 86.9 Å². The Morgan fingerprint density at radius 1 is 0.162 bits per heavy atom. The lowest BCUT2D eigenvalue weighted by Gasteiger charge is -2.29. The lowest BCUT2D eigenvalue weighted by molar-refractivity contribution is 1.58. The zero-order valence-corrected chi connectivity index (χ0v) is 36.3. The van der Waals surface area contributed by atoms with Crippen LogP contribution >= 0.6 is 0 Å². The number of benzene rings is 11. The Morgan fingerprint density at radius 3 is 0.603 bits per heavy atom. The summed E-state index contributed by atoms with van der Waals surface area (Å²) in [7, 11) is 121. The molecule has 0 aliphatic carbocycles. The van der Waals surface area contributed by atoms with Crippen molar-refractivity contribution in [2.75, 3.05) is 0 Å². The molecule has 0 aliphatic heterocycles. The number of hydrogen-bond acceptors (Lipinski definition) is 0. The van der Waals surface area contributed by atoms with Crippen LogP contribution in [0.4, 0.5) is 0 Å². The van der Waals surface area contributed by atoms with Crippen molar-refractivity contribution in [2.24, 2.45) is 0 Å². The van der Waals surface area contributed by atoms with Gasteiger partial charge in [-0.1, -0.05) is 142 Å². The van der Waals surface area contributed by atoms with E-state index < -0.39 is 0 Å². The minimum atomic E-state index is 0.110. The van der Waals surface area contributed by atoms with Gasteiger partial charge in [-0.15, -0.1) is 10.9 Å². The summed E-state index contributed by atoms with van der Waals surface area (Å²) < 4.78 is 0. The van der Waals surface area contributed by atoms with Gasteiger partial charge in [0, 0.05) is 0 Å². The molecule has 0 nitrogen and oxygen atoms in total. The zero-order chi connectivity index (χ0) is 48.4. The monoisotopic (exact) mass is 810 g/mol. The molecule has 0 aromatic heterocycles. The Kier molecular flexibility index (Phi) is 10.3. The van der Waals surface area contributed by atoms with E-state index in [9.17, 15) is 0 Å². The molecule has 0 aliphatic rings. The number of rotatable bonds is 4. The summed E-state index contributed by atoms with van der Waals surface area (Å²) in [6.45, 7) is 0. The lowest BCUT2D eigenvalue weighted by atomic mass is 9.58. The molecule has 11 aromatic carbocycles. The molecule has 0 heterocycles. The molecular formula is C50H12B18. The largest absolute Gasteiger partial charge is 0.113 e. The SMILES string of the molecule is [B]c1c([B])c2c([B])c([B])c3c([B])c([B])c(-c4cccc(-c5cccc(-c6cccc(-c7c([B])c([B])c8c([B])c([B])c9c([B])c([B])c([B])c%10c([B])c([B])c7c8c9%10)c6)c5)c4)c4c([B])c([B])c(c1[B])c2c34. The van der Waals surface area contributed by atoms with Crippen LogP contribution in [0.15, 0.2) is 72.8 Å². The molecule has 0 saturated heterocycles. The van der Waals surface area contributed by atoms with Gasteiger partial charge >= 0.3 is 0 Å². The predicted octanol–water partition coefficient (Wildman–Crippen LogP) is -7.56. The Hall–Kier alpha value is -5.33. The second-order valence-corrected chi connectivity index (χ2v) is 17.4. The first-order chi connectivity index (χ1) is 32.3. The second-order valence-electron chi connectivity index (χ2n) is 17.4. The van der Waals surface area contributed by atoms with Gasteiger partial charge in [-0.25, -0.2) is 0 Å². The summed E-state index contributed by atoms with van der Waals surface area (Å²) in [4.78, 5) is 0.